The summed E-state index contributed by atoms with van der Waals surface area (Å²) in [6.45, 7) is 0. The Labute approximate surface area is 111 Å². The van der Waals surface area contributed by atoms with Gasteiger partial charge in [-0.05, 0) is 41.8 Å². The molecule has 0 radical (unpaired) electrons. The Bertz CT molecular complexity index is 633. The van der Waals surface area contributed by atoms with Crippen molar-refractivity contribution in [2.45, 2.75) is 6.42 Å². The summed E-state index contributed by atoms with van der Waals surface area (Å²) in [4.78, 5) is 13.7. The summed E-state index contributed by atoms with van der Waals surface area (Å²) >= 11 is 0. The van der Waals surface area contributed by atoms with E-state index in [1.165, 1.54) is 6.08 Å². The van der Waals surface area contributed by atoms with E-state index in [1.807, 2.05) is 42.6 Å². The van der Waals surface area contributed by atoms with E-state index in [-0.39, 0.29) is 0 Å². The van der Waals surface area contributed by atoms with Gasteiger partial charge < -0.3 is 0 Å². The topological polar surface area (TPSA) is 65.2 Å². The predicted molar refractivity (Wildman–Crippen MR) is 72.7 cm³/mol. The van der Waals surface area contributed by atoms with E-state index in [9.17, 15) is 4.79 Å². The number of rotatable bonds is 4. The third-order valence-corrected chi connectivity index (χ3v) is 2.67. The van der Waals surface area contributed by atoms with Gasteiger partial charge in [0.1, 0.15) is 0 Å². The summed E-state index contributed by atoms with van der Waals surface area (Å²) in [6, 6.07) is 15.1. The van der Waals surface area contributed by atoms with Crippen LogP contribution in [0.3, 0.4) is 0 Å². The first-order valence-electron chi connectivity index (χ1n) is 5.72. The number of carbonyl (C=O) groups excluding carboxylic acids is 1. The van der Waals surface area contributed by atoms with Gasteiger partial charge >= 0.3 is 0 Å². The van der Waals surface area contributed by atoms with E-state index in [4.69, 9.17) is 5.26 Å². The molecule has 2 rings (SSSR count). The van der Waals surface area contributed by atoms with Crippen LogP contribution in [0.4, 0.5) is 11.4 Å². The second-order valence-electron chi connectivity index (χ2n) is 3.98. The molecule has 0 heterocycles. The summed E-state index contributed by atoms with van der Waals surface area (Å²) in [7, 11) is 0. The molecule has 0 unspecified atom stereocenters. The summed E-state index contributed by atoms with van der Waals surface area (Å²) < 4.78 is 0. The number of aliphatic imine (C=N–C) groups is 1. The van der Waals surface area contributed by atoms with Gasteiger partial charge in [0.05, 0.1) is 5.69 Å². The number of hydrogen-bond donors (Lipinski definition) is 1. The van der Waals surface area contributed by atoms with Crippen LogP contribution in [0.5, 0.6) is 0 Å². The minimum absolute atomic E-state index is 0.604. The normalized spacial score (nSPS) is 9.21. The van der Waals surface area contributed by atoms with Gasteiger partial charge in [0, 0.05) is 5.69 Å². The van der Waals surface area contributed by atoms with Crippen molar-refractivity contribution in [3.05, 3.63) is 59.7 Å². The lowest BCUT2D eigenvalue weighted by molar-refractivity contribution is 0.565. The van der Waals surface area contributed by atoms with Crippen LogP contribution in [0.2, 0.25) is 0 Å². The molecule has 0 bridgehead atoms. The number of nitrogens with one attached hydrogen (secondary N) is 1. The molecule has 0 saturated carbocycles. The quantitative estimate of drug-likeness (QED) is 0.392. The Kier molecular flexibility index (Phi) is 4.07. The van der Waals surface area contributed by atoms with Crippen molar-refractivity contribution in [1.82, 2.24) is 0 Å². The fourth-order valence-electron chi connectivity index (χ4n) is 1.75. The summed E-state index contributed by atoms with van der Waals surface area (Å²) in [6.07, 6.45) is 4.18. The summed E-state index contributed by atoms with van der Waals surface area (Å²) in [5.74, 6) is 0. The molecule has 0 aliphatic heterocycles. The first-order chi connectivity index (χ1) is 9.31. The van der Waals surface area contributed by atoms with E-state index in [2.05, 4.69) is 10.3 Å². The van der Waals surface area contributed by atoms with Crippen molar-refractivity contribution >= 4 is 17.5 Å². The van der Waals surface area contributed by atoms with Crippen LogP contribution in [-0.4, -0.2) is 6.08 Å². The number of benzene rings is 2. The van der Waals surface area contributed by atoms with Gasteiger partial charge in [0.2, 0.25) is 6.08 Å². The lowest BCUT2D eigenvalue weighted by atomic mass is 10.0. The lowest BCUT2D eigenvalue weighted by Crippen LogP contribution is -1.90. The van der Waals surface area contributed by atoms with Gasteiger partial charge in [-0.1, -0.05) is 24.3 Å². The van der Waals surface area contributed by atoms with E-state index >= 15 is 0 Å². The van der Waals surface area contributed by atoms with E-state index in [1.54, 1.807) is 12.1 Å². The molecule has 2 aromatic carbocycles. The van der Waals surface area contributed by atoms with Gasteiger partial charge in [0.15, 0.2) is 6.19 Å². The highest BCUT2D eigenvalue weighted by atomic mass is 16.1. The van der Waals surface area contributed by atoms with Crippen LogP contribution in [0.25, 0.3) is 0 Å². The van der Waals surface area contributed by atoms with Crippen LogP contribution in [0, 0.1) is 11.5 Å². The zero-order valence-corrected chi connectivity index (χ0v) is 10.1. The Morgan fingerprint density at radius 3 is 2.11 bits per heavy atom. The average Bonchev–Trinajstić information content (AvgIpc) is 2.44. The SMILES string of the molecule is N#CNc1ccc(Cc2ccc(N=C=O)cc2)cc1. The van der Waals surface area contributed by atoms with Crippen molar-refractivity contribution in [3.63, 3.8) is 0 Å². The van der Waals surface area contributed by atoms with Gasteiger partial charge in [-0.3, -0.25) is 5.32 Å². The second-order valence-corrected chi connectivity index (χ2v) is 3.98. The minimum Gasteiger partial charge on any atom is -0.293 e. The van der Waals surface area contributed by atoms with Gasteiger partial charge in [0.25, 0.3) is 0 Å². The Balaban J connectivity index is 2.08. The summed E-state index contributed by atoms with van der Waals surface area (Å²) in [5.41, 5.74) is 3.66. The molecule has 0 spiro atoms. The highest BCUT2D eigenvalue weighted by Crippen LogP contribution is 2.16. The zero-order valence-electron chi connectivity index (χ0n) is 10.1. The number of nitriles is 1. The number of hydrogen-bond acceptors (Lipinski definition) is 4. The molecule has 0 aromatic heterocycles. The first-order valence-corrected chi connectivity index (χ1v) is 5.72. The molecule has 4 heteroatoms. The Morgan fingerprint density at radius 1 is 1.00 bits per heavy atom. The molecule has 0 saturated heterocycles. The van der Waals surface area contributed by atoms with Crippen LogP contribution >= 0.6 is 0 Å². The average molecular weight is 249 g/mol. The van der Waals surface area contributed by atoms with Gasteiger partial charge in [-0.2, -0.15) is 10.3 Å². The minimum atomic E-state index is 0.604. The third kappa shape index (κ3) is 3.53. The predicted octanol–water partition coefficient (Wildman–Crippen LogP) is 3.14. The fourth-order valence-corrected chi connectivity index (χ4v) is 1.75. The maximum atomic E-state index is 10.1. The largest absolute Gasteiger partial charge is 0.293 e. The monoisotopic (exact) mass is 249 g/mol. The smallest absolute Gasteiger partial charge is 0.240 e. The molecular weight excluding hydrogens is 238 g/mol. The van der Waals surface area contributed by atoms with Crippen LogP contribution in [0.15, 0.2) is 53.5 Å². The molecule has 0 atom stereocenters. The molecule has 0 amide bonds. The number of isocyanates is 1. The number of anilines is 1. The second kappa shape index (κ2) is 6.15. The molecular formula is C15H11N3O. The molecule has 0 fully saturated rings. The summed E-state index contributed by atoms with van der Waals surface area (Å²) in [5, 5.41) is 11.1. The third-order valence-electron chi connectivity index (χ3n) is 2.67. The molecule has 4 nitrogen and oxygen atoms in total. The molecule has 92 valence electrons. The van der Waals surface area contributed by atoms with Crippen molar-refractivity contribution in [2.24, 2.45) is 4.99 Å². The van der Waals surface area contributed by atoms with E-state index < -0.39 is 0 Å². The van der Waals surface area contributed by atoms with E-state index in [0.29, 0.717) is 5.69 Å². The van der Waals surface area contributed by atoms with E-state index in [0.717, 1.165) is 23.2 Å². The van der Waals surface area contributed by atoms with Crippen LogP contribution < -0.4 is 5.32 Å². The fraction of sp³-hybridized carbons (Fsp3) is 0.0667. The maximum Gasteiger partial charge on any atom is 0.240 e. The Hall–Kier alpha value is -2.89. The van der Waals surface area contributed by atoms with Crippen molar-refractivity contribution in [1.29, 1.82) is 5.26 Å². The van der Waals surface area contributed by atoms with Crippen molar-refractivity contribution in [3.8, 4) is 6.19 Å². The highest BCUT2D eigenvalue weighted by molar-refractivity contribution is 5.50. The lowest BCUT2D eigenvalue weighted by Gasteiger charge is -2.03. The molecule has 2 aromatic rings. The molecule has 1 N–H and O–H groups in total. The van der Waals surface area contributed by atoms with Crippen LogP contribution in [0.1, 0.15) is 11.1 Å². The van der Waals surface area contributed by atoms with Gasteiger partial charge in [-0.25, -0.2) is 4.79 Å². The van der Waals surface area contributed by atoms with Crippen LogP contribution in [-0.2, 0) is 11.2 Å². The molecule has 0 aliphatic rings. The molecule has 0 aliphatic carbocycles. The Morgan fingerprint density at radius 2 is 1.58 bits per heavy atom. The van der Waals surface area contributed by atoms with Crippen molar-refractivity contribution < 1.29 is 4.79 Å². The zero-order chi connectivity index (χ0) is 13.5. The first kappa shape index (κ1) is 12.6. The maximum absolute atomic E-state index is 10.1. The molecule has 19 heavy (non-hydrogen) atoms. The van der Waals surface area contributed by atoms with Crippen molar-refractivity contribution in [2.75, 3.05) is 5.32 Å². The van der Waals surface area contributed by atoms with Gasteiger partial charge in [-0.15, -0.1) is 0 Å². The standard InChI is InChI=1S/C15H11N3O/c16-10-17-14-5-1-12(2-6-14)9-13-3-7-15(8-4-13)18-11-19/h1-8,17H,9H2. The number of nitrogens with zero attached hydrogens (tertiary/aromatic N) is 2. The highest BCUT2D eigenvalue weighted by Gasteiger charge is 1.98.